The van der Waals surface area contributed by atoms with Crippen molar-refractivity contribution < 1.29 is 4.79 Å². The van der Waals surface area contributed by atoms with E-state index in [9.17, 15) is 4.79 Å². The highest BCUT2D eigenvalue weighted by Crippen LogP contribution is 2.29. The summed E-state index contributed by atoms with van der Waals surface area (Å²) < 4.78 is 0. The monoisotopic (exact) mass is 414 g/mol. The smallest absolute Gasteiger partial charge is 0.275 e. The number of fused-ring (bicyclic) bond motifs is 1. The number of carbonyl (C=O) groups excluding carboxylic acids is 1. The van der Waals surface area contributed by atoms with Crippen LogP contribution in [0.5, 0.6) is 0 Å². The van der Waals surface area contributed by atoms with Crippen LogP contribution in [-0.4, -0.2) is 20.9 Å². The summed E-state index contributed by atoms with van der Waals surface area (Å²) in [5.74, 6) is -0.222. The van der Waals surface area contributed by atoms with E-state index < -0.39 is 0 Å². The minimum absolute atomic E-state index is 0.222. The van der Waals surface area contributed by atoms with Gasteiger partial charge in [-0.25, -0.2) is 15.0 Å². The van der Waals surface area contributed by atoms with Crippen LogP contribution in [-0.2, 0) is 0 Å². The number of nitrogens with zero attached hydrogens (tertiary/aromatic N) is 3. The van der Waals surface area contributed by atoms with E-state index in [1.165, 1.54) is 11.3 Å². The second kappa shape index (κ2) is 7.54. The molecule has 0 bridgehead atoms. The number of amides is 1. The molecule has 140 valence electrons. The zero-order valence-corrected chi connectivity index (χ0v) is 16.7. The van der Waals surface area contributed by atoms with Crippen LogP contribution in [0.3, 0.4) is 0 Å². The second-order valence-electron chi connectivity index (χ2n) is 6.28. The molecule has 0 aliphatic carbocycles. The molecule has 7 heteroatoms. The maximum atomic E-state index is 12.5. The van der Waals surface area contributed by atoms with Crippen LogP contribution in [0.25, 0.3) is 31.5 Å². The molecule has 0 spiro atoms. The standard InChI is InChI=1S/C22H14N4OS2/c27-19(18-13-28-20(26-18)14-5-2-1-3-6-14)24-16-10-8-15(9-11-16)21-25-17-7-4-12-23-22(17)29-21/h1-13H,(H,24,27). The van der Waals surface area contributed by atoms with Gasteiger partial charge in [0.1, 0.15) is 26.1 Å². The van der Waals surface area contributed by atoms with Crippen molar-refractivity contribution in [2.24, 2.45) is 0 Å². The number of carbonyl (C=O) groups is 1. The van der Waals surface area contributed by atoms with Crippen LogP contribution >= 0.6 is 22.7 Å². The fraction of sp³-hybridized carbons (Fsp3) is 0. The van der Waals surface area contributed by atoms with Crippen molar-refractivity contribution >= 4 is 44.6 Å². The van der Waals surface area contributed by atoms with Crippen LogP contribution in [0, 0.1) is 0 Å². The maximum absolute atomic E-state index is 12.5. The van der Waals surface area contributed by atoms with E-state index in [0.29, 0.717) is 11.4 Å². The van der Waals surface area contributed by atoms with Gasteiger partial charge >= 0.3 is 0 Å². The average molecular weight is 415 g/mol. The zero-order chi connectivity index (χ0) is 19.6. The summed E-state index contributed by atoms with van der Waals surface area (Å²) >= 11 is 3.01. The van der Waals surface area contributed by atoms with E-state index in [1.807, 2.05) is 66.7 Å². The first-order valence-electron chi connectivity index (χ1n) is 8.90. The lowest BCUT2D eigenvalue weighted by atomic mass is 10.2. The molecule has 29 heavy (non-hydrogen) atoms. The Morgan fingerprint density at radius 3 is 2.41 bits per heavy atom. The summed E-state index contributed by atoms with van der Waals surface area (Å²) in [7, 11) is 0. The third-order valence-corrected chi connectivity index (χ3v) is 6.23. The van der Waals surface area contributed by atoms with Crippen LogP contribution in [0.15, 0.2) is 78.3 Å². The average Bonchev–Trinajstić information content (AvgIpc) is 3.42. The number of pyridine rings is 1. The zero-order valence-electron chi connectivity index (χ0n) is 15.1. The first-order valence-corrected chi connectivity index (χ1v) is 10.6. The number of thiazole rings is 2. The van der Waals surface area contributed by atoms with Gasteiger partial charge in [0, 0.05) is 28.4 Å². The van der Waals surface area contributed by atoms with Gasteiger partial charge in [0.15, 0.2) is 0 Å². The molecule has 0 saturated carbocycles. The number of benzene rings is 2. The number of rotatable bonds is 4. The Morgan fingerprint density at radius 1 is 0.828 bits per heavy atom. The Morgan fingerprint density at radius 2 is 1.62 bits per heavy atom. The third-order valence-electron chi connectivity index (χ3n) is 4.31. The number of hydrogen-bond donors (Lipinski definition) is 1. The van der Waals surface area contributed by atoms with Crippen molar-refractivity contribution in [2.45, 2.75) is 0 Å². The van der Waals surface area contributed by atoms with E-state index >= 15 is 0 Å². The number of aromatic nitrogens is 3. The predicted octanol–water partition coefficient (Wildman–Crippen LogP) is 5.73. The quantitative estimate of drug-likeness (QED) is 0.407. The molecule has 0 saturated heterocycles. The summed E-state index contributed by atoms with van der Waals surface area (Å²) in [6, 6.07) is 21.3. The molecular formula is C22H14N4OS2. The number of anilines is 1. The first-order chi connectivity index (χ1) is 14.3. The van der Waals surface area contributed by atoms with Crippen LogP contribution < -0.4 is 5.32 Å². The minimum atomic E-state index is -0.222. The Labute approximate surface area is 174 Å². The molecule has 1 N–H and O–H groups in total. The lowest BCUT2D eigenvalue weighted by Crippen LogP contribution is -2.12. The molecule has 0 aliphatic heterocycles. The third kappa shape index (κ3) is 3.65. The summed E-state index contributed by atoms with van der Waals surface area (Å²) in [6.45, 7) is 0. The van der Waals surface area contributed by atoms with Gasteiger partial charge in [0.2, 0.25) is 0 Å². The lowest BCUT2D eigenvalue weighted by Gasteiger charge is -2.04. The molecule has 0 atom stereocenters. The summed E-state index contributed by atoms with van der Waals surface area (Å²) in [5, 5.41) is 6.42. The maximum Gasteiger partial charge on any atom is 0.275 e. The number of nitrogens with one attached hydrogen (secondary N) is 1. The fourth-order valence-corrected chi connectivity index (χ4v) is 4.60. The Hall–Kier alpha value is -3.42. The van der Waals surface area contributed by atoms with Crippen molar-refractivity contribution in [3.63, 3.8) is 0 Å². The fourth-order valence-electron chi connectivity index (χ4n) is 2.88. The molecule has 5 aromatic rings. The van der Waals surface area contributed by atoms with Crippen LogP contribution in [0.4, 0.5) is 5.69 Å². The van der Waals surface area contributed by atoms with Gasteiger partial charge in [-0.1, -0.05) is 41.7 Å². The highest BCUT2D eigenvalue weighted by molar-refractivity contribution is 7.21. The topological polar surface area (TPSA) is 67.8 Å². The highest BCUT2D eigenvalue weighted by atomic mass is 32.1. The molecule has 5 rings (SSSR count). The Bertz CT molecular complexity index is 1260. The lowest BCUT2D eigenvalue weighted by molar-refractivity contribution is 0.102. The van der Waals surface area contributed by atoms with E-state index in [2.05, 4.69) is 20.3 Å². The van der Waals surface area contributed by atoms with Crippen molar-refractivity contribution in [2.75, 3.05) is 5.32 Å². The molecule has 0 fully saturated rings. The summed E-state index contributed by atoms with van der Waals surface area (Å²) in [6.07, 6.45) is 1.77. The molecule has 0 aliphatic rings. The highest BCUT2D eigenvalue weighted by Gasteiger charge is 2.13. The Balaban J connectivity index is 1.32. The normalized spacial score (nSPS) is 10.9. The minimum Gasteiger partial charge on any atom is -0.321 e. The SMILES string of the molecule is O=C(Nc1ccc(-c2nc3cccnc3s2)cc1)c1csc(-c2ccccc2)n1. The van der Waals surface area contributed by atoms with Gasteiger partial charge in [0.25, 0.3) is 5.91 Å². The van der Waals surface area contributed by atoms with Crippen LogP contribution in [0.1, 0.15) is 10.5 Å². The van der Waals surface area contributed by atoms with Crippen molar-refractivity contribution in [3.8, 4) is 21.1 Å². The molecule has 0 radical (unpaired) electrons. The van der Waals surface area contributed by atoms with Gasteiger partial charge in [-0.15, -0.1) is 11.3 Å². The van der Waals surface area contributed by atoms with Crippen LogP contribution in [0.2, 0.25) is 0 Å². The summed E-state index contributed by atoms with van der Waals surface area (Å²) in [5.41, 5.74) is 4.02. The molecular weight excluding hydrogens is 400 g/mol. The van der Waals surface area contributed by atoms with Gasteiger partial charge in [0.05, 0.1) is 0 Å². The van der Waals surface area contributed by atoms with E-state index in [0.717, 1.165) is 31.5 Å². The number of hydrogen-bond acceptors (Lipinski definition) is 6. The van der Waals surface area contributed by atoms with E-state index in [-0.39, 0.29) is 5.91 Å². The predicted molar refractivity (Wildman–Crippen MR) is 118 cm³/mol. The molecule has 5 nitrogen and oxygen atoms in total. The molecule has 3 heterocycles. The van der Waals surface area contributed by atoms with Crippen molar-refractivity contribution in [3.05, 3.63) is 84.0 Å². The second-order valence-corrected chi connectivity index (χ2v) is 8.12. The molecule has 3 aromatic heterocycles. The van der Waals surface area contributed by atoms with Crippen molar-refractivity contribution in [1.82, 2.24) is 15.0 Å². The Kier molecular flexibility index (Phi) is 4.59. The largest absolute Gasteiger partial charge is 0.321 e. The molecule has 2 aromatic carbocycles. The first kappa shape index (κ1) is 17.7. The van der Waals surface area contributed by atoms with Gasteiger partial charge in [-0.3, -0.25) is 4.79 Å². The van der Waals surface area contributed by atoms with E-state index in [1.54, 1.807) is 22.9 Å². The molecule has 0 unspecified atom stereocenters. The van der Waals surface area contributed by atoms with Gasteiger partial charge in [-0.05, 0) is 36.4 Å². The summed E-state index contributed by atoms with van der Waals surface area (Å²) in [4.78, 5) is 26.9. The van der Waals surface area contributed by atoms with Gasteiger partial charge in [-0.2, -0.15) is 0 Å². The molecule has 1 amide bonds. The van der Waals surface area contributed by atoms with Crippen molar-refractivity contribution in [1.29, 1.82) is 0 Å². The van der Waals surface area contributed by atoms with Gasteiger partial charge < -0.3 is 5.32 Å². The van der Waals surface area contributed by atoms with E-state index in [4.69, 9.17) is 0 Å².